The number of benzene rings is 1. The molecule has 3 heterocycles. The van der Waals surface area contributed by atoms with Gasteiger partial charge in [0.1, 0.15) is 5.75 Å². The lowest BCUT2D eigenvalue weighted by Crippen LogP contribution is -2.54. The number of hydrogen-bond acceptors (Lipinski definition) is 3. The van der Waals surface area contributed by atoms with E-state index in [2.05, 4.69) is 24.1 Å². The van der Waals surface area contributed by atoms with Gasteiger partial charge in [0.25, 0.3) is 0 Å². The van der Waals surface area contributed by atoms with E-state index in [1.54, 1.807) is 12.1 Å². The topological polar surface area (TPSA) is 55.8 Å². The second-order valence-electron chi connectivity index (χ2n) is 7.48. The zero-order valence-electron chi connectivity index (χ0n) is 14.2. The molecule has 2 atom stereocenters. The second-order valence-corrected chi connectivity index (χ2v) is 7.48. The number of nitrogens with one attached hydrogen (secondary N) is 1. The van der Waals surface area contributed by atoms with Crippen LogP contribution >= 0.6 is 0 Å². The van der Waals surface area contributed by atoms with Crippen LogP contribution in [0.3, 0.4) is 0 Å². The van der Waals surface area contributed by atoms with Crippen molar-refractivity contribution < 1.29 is 9.90 Å². The second kappa shape index (κ2) is 5.95. The van der Waals surface area contributed by atoms with Gasteiger partial charge in [-0.1, -0.05) is 13.8 Å². The van der Waals surface area contributed by atoms with Gasteiger partial charge in [-0.05, 0) is 48.9 Å². The number of phenols is 1. The van der Waals surface area contributed by atoms with E-state index in [9.17, 15) is 9.90 Å². The summed E-state index contributed by atoms with van der Waals surface area (Å²) in [4.78, 5) is 16.7. The highest BCUT2D eigenvalue weighted by atomic mass is 16.3. The smallest absolute Gasteiger partial charge is 0.317 e. The molecular weight excluding hydrogens is 290 g/mol. The Kier molecular flexibility index (Phi) is 4.13. The number of fused-ring (bicyclic) bond motifs is 4. The number of nitrogens with zero attached hydrogens (tertiary/aromatic N) is 2. The normalized spacial score (nSPS) is 26.0. The van der Waals surface area contributed by atoms with E-state index in [-0.39, 0.29) is 23.2 Å². The Morgan fingerprint density at radius 1 is 1.26 bits per heavy atom. The van der Waals surface area contributed by atoms with E-state index in [1.807, 2.05) is 24.0 Å². The molecule has 2 amide bonds. The minimum Gasteiger partial charge on any atom is -0.508 e. The molecule has 23 heavy (non-hydrogen) atoms. The molecule has 3 saturated heterocycles. The number of carbonyl (C=O) groups excluding carboxylic acids is 1. The quantitative estimate of drug-likeness (QED) is 0.882. The SMILES string of the molecule is CCNC(=O)N1C[C@@H]2CN(c3ccc(O)cc3)[C@H](C1)C(C)(C)C2. The number of amides is 2. The molecule has 0 aromatic heterocycles. The van der Waals surface area contributed by atoms with Gasteiger partial charge in [-0.3, -0.25) is 0 Å². The summed E-state index contributed by atoms with van der Waals surface area (Å²) in [6.45, 7) is 9.76. The molecule has 2 bridgehead atoms. The Labute approximate surface area is 138 Å². The van der Waals surface area contributed by atoms with Crippen LogP contribution in [-0.2, 0) is 0 Å². The molecule has 3 aliphatic rings. The van der Waals surface area contributed by atoms with Crippen molar-refractivity contribution in [1.82, 2.24) is 10.2 Å². The van der Waals surface area contributed by atoms with Gasteiger partial charge in [0, 0.05) is 31.9 Å². The van der Waals surface area contributed by atoms with Gasteiger partial charge in [0.2, 0.25) is 0 Å². The van der Waals surface area contributed by atoms with E-state index < -0.39 is 0 Å². The molecule has 3 fully saturated rings. The van der Waals surface area contributed by atoms with Crippen molar-refractivity contribution in [3.63, 3.8) is 0 Å². The lowest BCUT2D eigenvalue weighted by atomic mass is 9.73. The minimum absolute atomic E-state index is 0.0488. The van der Waals surface area contributed by atoms with E-state index in [0.29, 0.717) is 12.5 Å². The predicted molar refractivity (Wildman–Crippen MR) is 91.8 cm³/mol. The number of aromatic hydroxyl groups is 1. The van der Waals surface area contributed by atoms with Gasteiger partial charge < -0.3 is 20.2 Å². The van der Waals surface area contributed by atoms with Crippen LogP contribution in [0.5, 0.6) is 5.75 Å². The van der Waals surface area contributed by atoms with Crippen LogP contribution in [0.1, 0.15) is 27.2 Å². The van der Waals surface area contributed by atoms with Gasteiger partial charge >= 0.3 is 6.03 Å². The average molecular weight is 317 g/mol. The molecule has 5 nitrogen and oxygen atoms in total. The van der Waals surface area contributed by atoms with Crippen molar-refractivity contribution in [3.8, 4) is 5.75 Å². The molecule has 1 aromatic carbocycles. The molecule has 1 aromatic rings. The monoisotopic (exact) mass is 317 g/mol. The number of carbonyl (C=O) groups is 1. The summed E-state index contributed by atoms with van der Waals surface area (Å²) in [6.07, 6.45) is 1.14. The molecule has 126 valence electrons. The summed E-state index contributed by atoms with van der Waals surface area (Å²) in [6, 6.07) is 7.76. The third-order valence-electron chi connectivity index (χ3n) is 5.22. The van der Waals surface area contributed by atoms with E-state index in [0.717, 1.165) is 31.7 Å². The van der Waals surface area contributed by atoms with Gasteiger partial charge in [-0.2, -0.15) is 0 Å². The molecule has 3 aliphatic heterocycles. The van der Waals surface area contributed by atoms with Gasteiger partial charge in [-0.25, -0.2) is 4.79 Å². The molecule has 2 N–H and O–H groups in total. The fourth-order valence-corrected chi connectivity index (χ4v) is 4.19. The standard InChI is InChI=1S/C18H27N3O2/c1-4-19-17(23)20-10-13-9-18(2,3)16(12-20)21(11-13)14-5-7-15(22)8-6-14/h5-8,13,16,22H,4,9-12H2,1-3H3,(H,19,23)/t13-,16-/m1/s1. The summed E-state index contributed by atoms with van der Waals surface area (Å²) < 4.78 is 0. The third kappa shape index (κ3) is 3.09. The van der Waals surface area contributed by atoms with Crippen LogP contribution in [0.2, 0.25) is 0 Å². The van der Waals surface area contributed by atoms with Crippen molar-refractivity contribution in [2.75, 3.05) is 31.1 Å². The maximum Gasteiger partial charge on any atom is 0.317 e. The van der Waals surface area contributed by atoms with Crippen molar-refractivity contribution in [3.05, 3.63) is 24.3 Å². The van der Waals surface area contributed by atoms with Crippen LogP contribution in [-0.4, -0.2) is 48.3 Å². The first-order chi connectivity index (χ1) is 10.9. The highest BCUT2D eigenvalue weighted by Crippen LogP contribution is 2.43. The van der Waals surface area contributed by atoms with Crippen molar-refractivity contribution in [1.29, 1.82) is 0 Å². The van der Waals surface area contributed by atoms with Crippen LogP contribution in [0.25, 0.3) is 0 Å². The molecule has 0 radical (unpaired) electrons. The molecule has 4 rings (SSSR count). The first-order valence-corrected chi connectivity index (χ1v) is 8.49. The number of urea groups is 1. The van der Waals surface area contributed by atoms with Crippen LogP contribution in [0.15, 0.2) is 24.3 Å². The third-order valence-corrected chi connectivity index (χ3v) is 5.22. The Bertz CT molecular complexity index is 570. The number of phenolic OH excluding ortho intramolecular Hbond substituents is 1. The summed E-state index contributed by atoms with van der Waals surface area (Å²) in [5, 5.41) is 12.5. The number of hydrogen-bond donors (Lipinski definition) is 2. The summed E-state index contributed by atoms with van der Waals surface area (Å²) in [7, 11) is 0. The lowest BCUT2D eigenvalue weighted by molar-refractivity contribution is 0.187. The van der Waals surface area contributed by atoms with Gasteiger partial charge in [-0.15, -0.1) is 0 Å². The van der Waals surface area contributed by atoms with E-state index in [1.165, 1.54) is 0 Å². The average Bonchev–Trinajstić information content (AvgIpc) is 2.75. The summed E-state index contributed by atoms with van der Waals surface area (Å²) >= 11 is 0. The van der Waals surface area contributed by atoms with Crippen LogP contribution < -0.4 is 10.2 Å². The number of anilines is 1. The van der Waals surface area contributed by atoms with Crippen molar-refractivity contribution in [2.45, 2.75) is 33.2 Å². The highest BCUT2D eigenvalue weighted by Gasteiger charge is 2.46. The van der Waals surface area contributed by atoms with Gasteiger partial charge in [0.15, 0.2) is 0 Å². The first kappa shape index (κ1) is 16.0. The number of rotatable bonds is 2. The van der Waals surface area contributed by atoms with Gasteiger partial charge in [0.05, 0.1) is 6.04 Å². The summed E-state index contributed by atoms with van der Waals surface area (Å²) in [5.74, 6) is 0.761. The fourth-order valence-electron chi connectivity index (χ4n) is 4.19. The van der Waals surface area contributed by atoms with Crippen molar-refractivity contribution >= 4 is 11.7 Å². The van der Waals surface area contributed by atoms with Crippen LogP contribution in [0.4, 0.5) is 10.5 Å². The van der Waals surface area contributed by atoms with Crippen LogP contribution in [0, 0.1) is 11.3 Å². The molecule has 0 saturated carbocycles. The Morgan fingerprint density at radius 3 is 2.61 bits per heavy atom. The first-order valence-electron chi connectivity index (χ1n) is 8.49. The van der Waals surface area contributed by atoms with Crippen molar-refractivity contribution in [2.24, 2.45) is 11.3 Å². The highest BCUT2D eigenvalue weighted by molar-refractivity contribution is 5.74. The largest absolute Gasteiger partial charge is 0.508 e. The number of piperidine rings is 1. The fraction of sp³-hybridized carbons (Fsp3) is 0.611. The summed E-state index contributed by atoms with van der Waals surface area (Å²) in [5.41, 5.74) is 1.28. The molecule has 0 spiro atoms. The Hall–Kier alpha value is -1.91. The maximum atomic E-state index is 12.3. The Morgan fingerprint density at radius 2 is 1.96 bits per heavy atom. The molecular formula is C18H27N3O2. The molecule has 5 heteroatoms. The van der Waals surface area contributed by atoms with E-state index in [4.69, 9.17) is 0 Å². The zero-order chi connectivity index (χ0) is 16.6. The zero-order valence-corrected chi connectivity index (χ0v) is 14.2. The Balaban J connectivity index is 1.89. The maximum absolute atomic E-state index is 12.3. The lowest BCUT2D eigenvalue weighted by Gasteiger charge is -2.48. The van der Waals surface area contributed by atoms with E-state index >= 15 is 0 Å². The molecule has 0 aliphatic carbocycles. The minimum atomic E-state index is 0.0488. The molecule has 0 unspecified atom stereocenters. The predicted octanol–water partition coefficient (Wildman–Crippen LogP) is 2.66.